The van der Waals surface area contributed by atoms with Crippen molar-refractivity contribution >= 4 is 42.7 Å². The summed E-state index contributed by atoms with van der Waals surface area (Å²) in [7, 11) is 11.4. The molecular formula is C6H4AsCl2NO2. The Hall–Kier alpha value is -0.242. The fraction of sp³-hybridized carbons (Fsp3) is 0. The van der Waals surface area contributed by atoms with Gasteiger partial charge in [-0.25, -0.2) is 0 Å². The summed E-state index contributed by atoms with van der Waals surface area (Å²) in [5.41, 5.74) is 0.0583. The molecule has 0 aliphatic heterocycles. The third-order valence-electron chi connectivity index (χ3n) is 1.26. The fourth-order valence-electron chi connectivity index (χ4n) is 0.687. The summed E-state index contributed by atoms with van der Waals surface area (Å²) in [6.07, 6.45) is 0. The maximum absolute atomic E-state index is 10.2. The third kappa shape index (κ3) is 2.37. The average molecular weight is 268 g/mol. The Labute approximate surface area is 82.0 Å². The molecule has 0 radical (unpaired) electrons. The Morgan fingerprint density at radius 1 is 1.25 bits per heavy atom. The topological polar surface area (TPSA) is 43.1 Å². The van der Waals surface area contributed by atoms with E-state index in [1.165, 1.54) is 12.1 Å². The van der Waals surface area contributed by atoms with E-state index in [0.29, 0.717) is 0 Å². The third-order valence-corrected chi connectivity index (χ3v) is 4.73. The fourth-order valence-corrected chi connectivity index (χ4v) is 2.64. The van der Waals surface area contributed by atoms with E-state index in [2.05, 4.69) is 0 Å². The number of hydrogen-bond donors (Lipinski definition) is 0. The predicted molar refractivity (Wildman–Crippen MR) is 50.2 cm³/mol. The second-order valence-corrected chi connectivity index (χ2v) is 8.48. The van der Waals surface area contributed by atoms with Crippen LogP contribution in [0.2, 0.25) is 0 Å². The van der Waals surface area contributed by atoms with E-state index in [1.54, 1.807) is 12.1 Å². The molecule has 0 spiro atoms. The van der Waals surface area contributed by atoms with E-state index in [9.17, 15) is 10.1 Å². The van der Waals surface area contributed by atoms with Crippen molar-refractivity contribution in [2.24, 2.45) is 0 Å². The molecule has 0 aliphatic carbocycles. The SMILES string of the molecule is O=[N+]([O-])c1ccc([As](Cl)Cl)cc1. The van der Waals surface area contributed by atoms with Crippen molar-refractivity contribution in [1.82, 2.24) is 0 Å². The van der Waals surface area contributed by atoms with E-state index in [0.717, 1.165) is 4.35 Å². The van der Waals surface area contributed by atoms with Crippen LogP contribution in [0.25, 0.3) is 0 Å². The maximum atomic E-state index is 10.2. The molecule has 0 bridgehead atoms. The minimum atomic E-state index is -1.92. The van der Waals surface area contributed by atoms with Crippen molar-refractivity contribution in [2.75, 3.05) is 0 Å². The van der Waals surface area contributed by atoms with Crippen LogP contribution < -0.4 is 4.35 Å². The molecule has 1 aromatic carbocycles. The Bertz CT molecular complexity index is 288. The summed E-state index contributed by atoms with van der Waals surface area (Å²) in [5.74, 6) is 0. The summed E-state index contributed by atoms with van der Waals surface area (Å²) < 4.78 is 0.802. The number of nitro groups is 1. The summed E-state index contributed by atoms with van der Waals surface area (Å²) in [4.78, 5) is 9.78. The van der Waals surface area contributed by atoms with Gasteiger partial charge < -0.3 is 0 Å². The molecule has 0 saturated heterocycles. The number of nitro benzene ring substituents is 1. The van der Waals surface area contributed by atoms with Gasteiger partial charge in [0.2, 0.25) is 0 Å². The van der Waals surface area contributed by atoms with Crippen LogP contribution in [-0.2, 0) is 0 Å². The number of halogens is 2. The van der Waals surface area contributed by atoms with Crippen LogP contribution in [0.5, 0.6) is 0 Å². The predicted octanol–water partition coefficient (Wildman–Crippen LogP) is 1.77. The van der Waals surface area contributed by atoms with E-state index < -0.39 is 17.7 Å². The van der Waals surface area contributed by atoms with Crippen LogP contribution >= 0.6 is 19.9 Å². The van der Waals surface area contributed by atoms with Crippen molar-refractivity contribution in [1.29, 1.82) is 0 Å². The number of nitrogens with zero attached hydrogens (tertiary/aromatic N) is 1. The summed E-state index contributed by atoms with van der Waals surface area (Å²) in [5, 5.41) is 10.2. The van der Waals surface area contributed by atoms with Crippen molar-refractivity contribution in [3.63, 3.8) is 0 Å². The first-order valence-electron chi connectivity index (χ1n) is 2.97. The van der Waals surface area contributed by atoms with Gasteiger partial charge in [0.15, 0.2) is 0 Å². The normalized spacial score (nSPS) is 10.2. The van der Waals surface area contributed by atoms with Gasteiger partial charge in [0, 0.05) is 0 Å². The van der Waals surface area contributed by atoms with Crippen LogP contribution in [0.4, 0.5) is 5.69 Å². The zero-order chi connectivity index (χ0) is 9.14. The second kappa shape index (κ2) is 4.13. The molecule has 0 amide bonds. The van der Waals surface area contributed by atoms with Gasteiger partial charge >= 0.3 is 82.0 Å². The van der Waals surface area contributed by atoms with E-state index in [1.807, 2.05) is 0 Å². The Morgan fingerprint density at radius 2 is 1.75 bits per heavy atom. The molecule has 64 valence electrons. The van der Waals surface area contributed by atoms with Crippen molar-refractivity contribution in [3.05, 3.63) is 34.4 Å². The first kappa shape index (κ1) is 9.84. The molecule has 1 aromatic rings. The number of benzene rings is 1. The first-order valence-corrected chi connectivity index (χ1v) is 8.84. The zero-order valence-electron chi connectivity index (χ0n) is 5.78. The number of rotatable bonds is 2. The molecule has 0 fully saturated rings. The molecule has 0 heterocycles. The minimum absolute atomic E-state index is 0.0583. The molecule has 0 saturated carbocycles. The molecule has 6 heteroatoms. The molecule has 0 atom stereocenters. The summed E-state index contributed by atoms with van der Waals surface area (Å²) in [6, 6.07) is 6.00. The van der Waals surface area contributed by atoms with Crippen LogP contribution in [-0.4, -0.2) is 17.7 Å². The van der Waals surface area contributed by atoms with Gasteiger partial charge in [-0.15, -0.1) is 0 Å². The summed E-state index contributed by atoms with van der Waals surface area (Å²) >= 11 is -1.92. The van der Waals surface area contributed by atoms with Gasteiger partial charge in [-0.3, -0.25) is 0 Å². The first-order chi connectivity index (χ1) is 5.61. The van der Waals surface area contributed by atoms with Crippen molar-refractivity contribution in [2.45, 2.75) is 0 Å². The van der Waals surface area contributed by atoms with Crippen LogP contribution in [0.15, 0.2) is 24.3 Å². The van der Waals surface area contributed by atoms with Crippen LogP contribution in [0, 0.1) is 10.1 Å². The molecule has 0 N–H and O–H groups in total. The van der Waals surface area contributed by atoms with E-state index in [4.69, 9.17) is 19.9 Å². The average Bonchev–Trinajstić information content (AvgIpc) is 2.04. The summed E-state index contributed by atoms with van der Waals surface area (Å²) in [6.45, 7) is 0. The number of hydrogen-bond acceptors (Lipinski definition) is 2. The Morgan fingerprint density at radius 3 is 2.08 bits per heavy atom. The van der Waals surface area contributed by atoms with E-state index in [-0.39, 0.29) is 5.69 Å². The van der Waals surface area contributed by atoms with Crippen LogP contribution in [0.1, 0.15) is 0 Å². The van der Waals surface area contributed by atoms with Gasteiger partial charge in [-0.05, 0) is 0 Å². The molecule has 0 unspecified atom stereocenters. The van der Waals surface area contributed by atoms with Crippen LogP contribution in [0.3, 0.4) is 0 Å². The number of non-ortho nitro benzene ring substituents is 1. The van der Waals surface area contributed by atoms with Crippen molar-refractivity contribution in [3.8, 4) is 0 Å². The van der Waals surface area contributed by atoms with Crippen molar-refractivity contribution < 1.29 is 4.92 Å². The monoisotopic (exact) mass is 267 g/mol. The van der Waals surface area contributed by atoms with Gasteiger partial charge in [0.1, 0.15) is 0 Å². The molecule has 12 heavy (non-hydrogen) atoms. The standard InChI is InChI=1S/C6H4AsCl2NO2/c8-7(9)5-1-3-6(4-2-5)10(11)12/h1-4H. The van der Waals surface area contributed by atoms with Gasteiger partial charge in [-0.2, -0.15) is 0 Å². The van der Waals surface area contributed by atoms with Gasteiger partial charge in [-0.1, -0.05) is 0 Å². The van der Waals surface area contributed by atoms with Gasteiger partial charge in [0.25, 0.3) is 0 Å². The van der Waals surface area contributed by atoms with Gasteiger partial charge in [0.05, 0.1) is 0 Å². The molecule has 3 nitrogen and oxygen atoms in total. The van der Waals surface area contributed by atoms with E-state index >= 15 is 0 Å². The molecule has 1 rings (SSSR count). The Kier molecular flexibility index (Phi) is 3.38. The quantitative estimate of drug-likeness (QED) is 0.466. The Balaban J connectivity index is 2.93. The second-order valence-electron chi connectivity index (χ2n) is 2.01. The molecule has 0 aromatic heterocycles. The molecular weight excluding hydrogens is 264 g/mol. The zero-order valence-corrected chi connectivity index (χ0v) is 9.16. The molecule has 0 aliphatic rings.